The summed E-state index contributed by atoms with van der Waals surface area (Å²) in [5.74, 6) is 0. The van der Waals surface area contributed by atoms with Gasteiger partial charge in [0.15, 0.2) is 0 Å². The second-order valence-corrected chi connectivity index (χ2v) is 4.17. The maximum absolute atomic E-state index is 4.33. The molecule has 0 unspecified atom stereocenters. The van der Waals surface area contributed by atoms with Crippen LogP contribution >= 0.6 is 12.6 Å². The summed E-state index contributed by atoms with van der Waals surface area (Å²) < 4.78 is 0. The Morgan fingerprint density at radius 1 is 1.55 bits per heavy atom. The van der Waals surface area contributed by atoms with Crippen LogP contribution in [-0.4, -0.2) is 7.05 Å². The highest BCUT2D eigenvalue weighted by molar-refractivity contribution is 7.84. The zero-order valence-corrected chi connectivity index (χ0v) is 8.20. The van der Waals surface area contributed by atoms with Crippen LogP contribution in [0.25, 0.3) is 0 Å². The van der Waals surface area contributed by atoms with Gasteiger partial charge in [-0.05, 0) is 17.9 Å². The topological polar surface area (TPSA) is 12.0 Å². The maximum atomic E-state index is 4.33. The molecule has 0 amide bonds. The van der Waals surface area contributed by atoms with Gasteiger partial charge < -0.3 is 5.32 Å². The van der Waals surface area contributed by atoms with Crippen LogP contribution in [0.15, 0.2) is 22.8 Å². The summed E-state index contributed by atoms with van der Waals surface area (Å²) in [5.41, 5.74) is 1.52. The van der Waals surface area contributed by atoms with Crippen molar-refractivity contribution < 1.29 is 0 Å². The molecule has 0 aromatic carbocycles. The molecule has 0 aromatic heterocycles. The van der Waals surface area contributed by atoms with E-state index in [0.717, 1.165) is 11.3 Å². The van der Waals surface area contributed by atoms with Gasteiger partial charge in [0.2, 0.25) is 0 Å². The van der Waals surface area contributed by atoms with Gasteiger partial charge in [-0.25, -0.2) is 0 Å². The fourth-order valence-corrected chi connectivity index (χ4v) is 1.88. The first-order valence-electron chi connectivity index (χ1n) is 3.84. The van der Waals surface area contributed by atoms with E-state index in [1.165, 1.54) is 5.70 Å². The molecule has 1 aliphatic carbocycles. The zero-order valence-electron chi connectivity index (χ0n) is 7.31. The molecule has 11 heavy (non-hydrogen) atoms. The minimum Gasteiger partial charge on any atom is -0.391 e. The lowest BCUT2D eigenvalue weighted by atomic mass is 9.84. The molecule has 0 radical (unpaired) electrons. The third-order valence-electron chi connectivity index (χ3n) is 1.83. The van der Waals surface area contributed by atoms with Gasteiger partial charge in [-0.1, -0.05) is 19.9 Å². The van der Waals surface area contributed by atoms with Gasteiger partial charge in [0.05, 0.1) is 0 Å². The molecule has 0 aliphatic heterocycles. The minimum absolute atomic E-state index is 0.254. The van der Waals surface area contributed by atoms with E-state index in [4.69, 9.17) is 0 Å². The molecule has 62 valence electrons. The van der Waals surface area contributed by atoms with E-state index in [2.05, 4.69) is 43.9 Å². The largest absolute Gasteiger partial charge is 0.391 e. The number of nitrogens with one attached hydrogen (secondary N) is 1. The second kappa shape index (κ2) is 2.94. The molecule has 0 spiro atoms. The predicted molar refractivity (Wildman–Crippen MR) is 52.6 cm³/mol. The molecule has 0 atom stereocenters. The smallest absolute Gasteiger partial charge is 0.0124 e. The Morgan fingerprint density at radius 3 is 2.64 bits per heavy atom. The summed E-state index contributed by atoms with van der Waals surface area (Å²) in [7, 11) is 1.95. The maximum Gasteiger partial charge on any atom is 0.0124 e. The molecular weight excluding hydrogens is 154 g/mol. The van der Waals surface area contributed by atoms with Gasteiger partial charge in [-0.3, -0.25) is 0 Å². The van der Waals surface area contributed by atoms with E-state index in [1.807, 2.05) is 7.05 Å². The Balaban J connectivity index is 2.84. The van der Waals surface area contributed by atoms with Crippen molar-refractivity contribution in [1.29, 1.82) is 0 Å². The van der Waals surface area contributed by atoms with Gasteiger partial charge in [-0.2, -0.15) is 0 Å². The average molecular weight is 169 g/mol. The van der Waals surface area contributed by atoms with Crippen LogP contribution in [0, 0.1) is 5.41 Å². The van der Waals surface area contributed by atoms with Crippen molar-refractivity contribution in [2.75, 3.05) is 7.05 Å². The highest BCUT2D eigenvalue weighted by Gasteiger charge is 2.20. The summed E-state index contributed by atoms with van der Waals surface area (Å²) >= 11 is 4.33. The third-order valence-corrected chi connectivity index (χ3v) is 2.09. The van der Waals surface area contributed by atoms with Crippen molar-refractivity contribution in [2.45, 2.75) is 20.3 Å². The van der Waals surface area contributed by atoms with E-state index in [-0.39, 0.29) is 5.41 Å². The summed E-state index contributed by atoms with van der Waals surface area (Å²) in [4.78, 5) is 1.06. The molecule has 1 nitrogen and oxygen atoms in total. The van der Waals surface area contributed by atoms with Crippen molar-refractivity contribution in [1.82, 2.24) is 5.32 Å². The molecule has 0 bridgehead atoms. The molecule has 0 saturated carbocycles. The number of hydrogen-bond donors (Lipinski definition) is 2. The van der Waals surface area contributed by atoms with E-state index < -0.39 is 0 Å². The van der Waals surface area contributed by atoms with Crippen LogP contribution in [-0.2, 0) is 0 Å². The Bertz CT molecular complexity index is 214. The van der Waals surface area contributed by atoms with Crippen LogP contribution in [0.1, 0.15) is 20.3 Å². The van der Waals surface area contributed by atoms with Gasteiger partial charge in [0.25, 0.3) is 0 Å². The standard InChI is InChI=1S/C9H15NS/c1-9(2)5-7(10-3)4-8(11)6-9/h4,6,10-11H,5H2,1-3H3. The first-order chi connectivity index (χ1) is 5.03. The summed E-state index contributed by atoms with van der Waals surface area (Å²) in [6.07, 6.45) is 5.35. The number of thiol groups is 1. The Morgan fingerprint density at radius 2 is 2.18 bits per heavy atom. The number of hydrogen-bond acceptors (Lipinski definition) is 2. The lowest BCUT2D eigenvalue weighted by molar-refractivity contribution is 0.457. The fraction of sp³-hybridized carbons (Fsp3) is 0.556. The van der Waals surface area contributed by atoms with Gasteiger partial charge in [0, 0.05) is 17.6 Å². The SMILES string of the molecule is CNC1=CC(S)=CC(C)(C)C1. The molecule has 0 aromatic rings. The third kappa shape index (κ3) is 2.29. The van der Waals surface area contributed by atoms with Gasteiger partial charge in [0.1, 0.15) is 0 Å². The van der Waals surface area contributed by atoms with E-state index in [1.54, 1.807) is 0 Å². The quantitative estimate of drug-likeness (QED) is 0.574. The van der Waals surface area contributed by atoms with Crippen LogP contribution < -0.4 is 5.32 Å². The Hall–Kier alpha value is -0.370. The summed E-state index contributed by atoms with van der Waals surface area (Å²) in [6.45, 7) is 4.43. The number of rotatable bonds is 1. The molecule has 0 heterocycles. The molecular formula is C9H15NS. The second-order valence-electron chi connectivity index (χ2n) is 3.65. The van der Waals surface area contributed by atoms with Crippen molar-refractivity contribution >= 4 is 12.6 Å². The van der Waals surface area contributed by atoms with Crippen LogP contribution in [0.5, 0.6) is 0 Å². The van der Waals surface area contributed by atoms with Crippen molar-refractivity contribution in [3.63, 3.8) is 0 Å². The van der Waals surface area contributed by atoms with Gasteiger partial charge in [-0.15, -0.1) is 12.6 Å². The summed E-state index contributed by atoms with van der Waals surface area (Å²) in [6, 6.07) is 0. The van der Waals surface area contributed by atoms with Crippen LogP contribution in [0.3, 0.4) is 0 Å². The monoisotopic (exact) mass is 169 g/mol. The highest BCUT2D eigenvalue weighted by atomic mass is 32.1. The normalized spacial score (nSPS) is 22.2. The first-order valence-corrected chi connectivity index (χ1v) is 4.28. The minimum atomic E-state index is 0.254. The zero-order chi connectivity index (χ0) is 8.48. The van der Waals surface area contributed by atoms with Crippen molar-refractivity contribution in [3.05, 3.63) is 22.8 Å². The summed E-state index contributed by atoms with van der Waals surface area (Å²) in [5, 5.41) is 3.16. The Kier molecular flexibility index (Phi) is 2.33. The molecule has 1 N–H and O–H groups in total. The molecule has 0 saturated heterocycles. The van der Waals surface area contributed by atoms with E-state index >= 15 is 0 Å². The van der Waals surface area contributed by atoms with Crippen LogP contribution in [0.2, 0.25) is 0 Å². The predicted octanol–water partition coefficient (Wildman–Crippen LogP) is 2.33. The fourth-order valence-electron chi connectivity index (χ4n) is 1.37. The van der Waals surface area contributed by atoms with Crippen molar-refractivity contribution in [3.8, 4) is 0 Å². The molecule has 1 rings (SSSR count). The van der Waals surface area contributed by atoms with Gasteiger partial charge >= 0.3 is 0 Å². The molecule has 1 aliphatic rings. The van der Waals surface area contributed by atoms with Crippen molar-refractivity contribution in [2.24, 2.45) is 5.41 Å². The lowest BCUT2D eigenvalue weighted by Gasteiger charge is -2.26. The van der Waals surface area contributed by atoms with Crippen LogP contribution in [0.4, 0.5) is 0 Å². The molecule has 0 fully saturated rings. The van der Waals surface area contributed by atoms with E-state index in [9.17, 15) is 0 Å². The van der Waals surface area contributed by atoms with E-state index in [0.29, 0.717) is 0 Å². The molecule has 2 heteroatoms. The first kappa shape index (κ1) is 8.72. The number of allylic oxidation sites excluding steroid dienone is 3. The highest BCUT2D eigenvalue weighted by Crippen LogP contribution is 2.32. The average Bonchev–Trinajstić information content (AvgIpc) is 1.83. The lowest BCUT2D eigenvalue weighted by Crippen LogP contribution is -2.19. The Labute approximate surface area is 74.0 Å².